The summed E-state index contributed by atoms with van der Waals surface area (Å²) >= 11 is 0. The summed E-state index contributed by atoms with van der Waals surface area (Å²) in [6.45, 7) is 2.53. The Hall–Kier alpha value is -3.76. The normalized spacial score (nSPS) is 15.5. The predicted molar refractivity (Wildman–Crippen MR) is 142 cm³/mol. The van der Waals surface area contributed by atoms with Crippen molar-refractivity contribution in [1.82, 2.24) is 14.9 Å². The van der Waals surface area contributed by atoms with Crippen LogP contribution < -0.4 is 10.5 Å². The molecule has 1 saturated heterocycles. The summed E-state index contributed by atoms with van der Waals surface area (Å²) in [6, 6.07) is 13.7. The van der Waals surface area contributed by atoms with Crippen molar-refractivity contribution < 1.29 is 22.3 Å². The number of carbonyl (C=O) groups is 1. The molecule has 2 aromatic heterocycles. The van der Waals surface area contributed by atoms with Gasteiger partial charge in [0, 0.05) is 25.5 Å². The van der Waals surface area contributed by atoms with Crippen LogP contribution in [0.2, 0.25) is 0 Å². The fourth-order valence-corrected chi connectivity index (χ4v) is 6.66. The van der Waals surface area contributed by atoms with Crippen LogP contribution >= 0.6 is 0 Å². The van der Waals surface area contributed by atoms with E-state index in [1.165, 1.54) is 12.1 Å². The van der Waals surface area contributed by atoms with E-state index >= 15 is 0 Å². The number of ether oxygens (including phenoxy) is 1. The van der Waals surface area contributed by atoms with Gasteiger partial charge in [-0.05, 0) is 67.6 Å². The van der Waals surface area contributed by atoms with Crippen LogP contribution in [0.3, 0.4) is 0 Å². The molecule has 3 N–H and O–H groups in total. The van der Waals surface area contributed by atoms with Crippen molar-refractivity contribution in [2.24, 2.45) is 5.73 Å². The lowest BCUT2D eigenvalue weighted by atomic mass is 10.0. The lowest BCUT2D eigenvalue weighted by Crippen LogP contribution is -2.49. The number of hydrogen-bond donors (Lipinski definition) is 2. The Morgan fingerprint density at radius 2 is 1.89 bits per heavy atom. The third-order valence-electron chi connectivity index (χ3n) is 6.99. The second-order valence-electron chi connectivity index (χ2n) is 9.56. The number of sulfone groups is 1. The van der Waals surface area contributed by atoms with Gasteiger partial charge >= 0.3 is 0 Å². The van der Waals surface area contributed by atoms with E-state index in [1.807, 2.05) is 13.1 Å². The summed E-state index contributed by atoms with van der Waals surface area (Å²) in [5.74, 6) is -0.288. The molecule has 1 amide bonds. The number of likely N-dealkylation sites (tertiary alicyclic amines) is 1. The number of hydrogen-bond acceptors (Lipinski definition) is 6. The molecular weight excluding hydrogens is 507 g/mol. The number of fused-ring (bicyclic) bond motifs is 1. The summed E-state index contributed by atoms with van der Waals surface area (Å²) in [5.41, 5.74) is 8.35. The van der Waals surface area contributed by atoms with Crippen molar-refractivity contribution in [3.8, 4) is 11.5 Å². The quantitative estimate of drug-likeness (QED) is 0.367. The largest absolute Gasteiger partial charge is 0.453 e. The first-order valence-corrected chi connectivity index (χ1v) is 14.0. The molecule has 1 aliphatic rings. The zero-order valence-electron chi connectivity index (χ0n) is 20.9. The Morgan fingerprint density at radius 3 is 2.61 bits per heavy atom. The van der Waals surface area contributed by atoms with Gasteiger partial charge in [0.2, 0.25) is 5.91 Å². The lowest BCUT2D eigenvalue weighted by molar-refractivity contribution is -0.133. The van der Waals surface area contributed by atoms with E-state index in [0.29, 0.717) is 47.8 Å². The number of H-pyrrole nitrogens is 1. The zero-order chi connectivity index (χ0) is 26.9. The lowest BCUT2D eigenvalue weighted by Gasteiger charge is -2.33. The summed E-state index contributed by atoms with van der Waals surface area (Å²) in [6.07, 6.45) is 4.24. The standard InChI is InChI=1S/C28H29FN4O4S/c1-18-17-32-27-26(18)25(9-12-31-27)37-24-8-7-19(15-22(24)29)16-23(30)28(34)33-13-10-21(11-14-33)38(35,36)20-5-3-2-4-6-20/h2-9,12,15,17,21,23H,10-11,13-14,16,30H2,1H3,(H,31,32)/t23-/m0/s1. The molecule has 1 aliphatic heterocycles. The molecule has 0 saturated carbocycles. The van der Waals surface area contributed by atoms with Crippen LogP contribution in [0.4, 0.5) is 4.39 Å². The van der Waals surface area contributed by atoms with Gasteiger partial charge in [-0.3, -0.25) is 4.79 Å². The summed E-state index contributed by atoms with van der Waals surface area (Å²) < 4.78 is 46.6. The Morgan fingerprint density at radius 1 is 1.16 bits per heavy atom. The van der Waals surface area contributed by atoms with Crippen molar-refractivity contribution in [3.05, 3.63) is 83.9 Å². The van der Waals surface area contributed by atoms with Crippen LogP contribution in [0.25, 0.3) is 11.0 Å². The van der Waals surface area contributed by atoms with Gasteiger partial charge in [-0.15, -0.1) is 0 Å². The number of nitrogens with zero attached hydrogens (tertiary/aromatic N) is 2. The summed E-state index contributed by atoms with van der Waals surface area (Å²) in [5, 5.41) is 0.243. The Kier molecular flexibility index (Phi) is 7.18. The fraction of sp³-hybridized carbons (Fsp3) is 0.286. The molecule has 0 radical (unpaired) electrons. The molecule has 0 unspecified atom stereocenters. The van der Waals surface area contributed by atoms with Gasteiger partial charge in [0.1, 0.15) is 11.4 Å². The highest BCUT2D eigenvalue weighted by atomic mass is 32.2. The number of aromatic amines is 1. The number of piperidine rings is 1. The van der Waals surface area contributed by atoms with Gasteiger partial charge in [-0.25, -0.2) is 17.8 Å². The van der Waals surface area contributed by atoms with Gasteiger partial charge in [-0.2, -0.15) is 0 Å². The van der Waals surface area contributed by atoms with E-state index in [9.17, 15) is 17.6 Å². The van der Waals surface area contributed by atoms with E-state index < -0.39 is 26.9 Å². The fourth-order valence-electron chi connectivity index (χ4n) is 4.91. The van der Waals surface area contributed by atoms with Gasteiger partial charge < -0.3 is 20.4 Å². The van der Waals surface area contributed by atoms with E-state index in [1.54, 1.807) is 53.6 Å². The number of carbonyl (C=O) groups excluding carboxylic acids is 1. The minimum Gasteiger partial charge on any atom is -0.453 e. The third kappa shape index (κ3) is 5.14. The molecule has 4 aromatic rings. The number of aryl methyl sites for hydroxylation is 1. The van der Waals surface area contributed by atoms with Crippen molar-refractivity contribution in [1.29, 1.82) is 0 Å². The number of nitrogens with one attached hydrogen (secondary N) is 1. The molecule has 1 fully saturated rings. The Balaban J connectivity index is 1.20. The van der Waals surface area contributed by atoms with Crippen LogP contribution in [0.15, 0.2) is 71.9 Å². The molecule has 0 bridgehead atoms. The molecule has 38 heavy (non-hydrogen) atoms. The highest BCUT2D eigenvalue weighted by Gasteiger charge is 2.33. The number of halogens is 1. The molecular formula is C28H29FN4O4S. The highest BCUT2D eigenvalue weighted by molar-refractivity contribution is 7.92. The number of rotatable bonds is 7. The zero-order valence-corrected chi connectivity index (χ0v) is 21.7. The van der Waals surface area contributed by atoms with Crippen LogP contribution in [0.1, 0.15) is 24.0 Å². The number of benzene rings is 2. The molecule has 10 heteroatoms. The molecule has 0 aliphatic carbocycles. The van der Waals surface area contributed by atoms with E-state index in [0.717, 1.165) is 10.9 Å². The van der Waals surface area contributed by atoms with Crippen molar-refractivity contribution in [3.63, 3.8) is 0 Å². The molecule has 198 valence electrons. The first kappa shape index (κ1) is 25.9. The van der Waals surface area contributed by atoms with Crippen molar-refractivity contribution in [2.45, 2.75) is 42.4 Å². The van der Waals surface area contributed by atoms with Crippen molar-refractivity contribution in [2.75, 3.05) is 13.1 Å². The minimum atomic E-state index is -3.45. The molecule has 1 atom stereocenters. The monoisotopic (exact) mass is 536 g/mol. The van der Waals surface area contributed by atoms with Gasteiger partial charge in [-0.1, -0.05) is 24.3 Å². The van der Waals surface area contributed by atoms with Crippen LogP contribution in [0.5, 0.6) is 11.5 Å². The van der Waals surface area contributed by atoms with Crippen molar-refractivity contribution >= 4 is 26.8 Å². The topological polar surface area (TPSA) is 118 Å². The number of aromatic nitrogens is 2. The summed E-state index contributed by atoms with van der Waals surface area (Å²) in [7, 11) is -3.45. The van der Waals surface area contributed by atoms with E-state index in [2.05, 4.69) is 9.97 Å². The van der Waals surface area contributed by atoms with Crippen LogP contribution in [-0.2, 0) is 21.1 Å². The molecule has 2 aromatic carbocycles. The maximum atomic E-state index is 14.9. The third-order valence-corrected chi connectivity index (χ3v) is 9.26. The maximum Gasteiger partial charge on any atom is 0.239 e. The SMILES string of the molecule is Cc1c[nH]c2nccc(Oc3ccc(C[C@H](N)C(=O)N4CCC(S(=O)(=O)c5ccccc5)CC4)cc3F)c12. The second-order valence-corrected chi connectivity index (χ2v) is 11.8. The number of amides is 1. The number of nitrogens with two attached hydrogens (primary N) is 1. The first-order valence-electron chi connectivity index (χ1n) is 12.5. The average molecular weight is 537 g/mol. The van der Waals surface area contributed by atoms with Crippen LogP contribution in [-0.4, -0.2) is 53.6 Å². The predicted octanol–water partition coefficient (Wildman–Crippen LogP) is 4.14. The molecule has 0 spiro atoms. The van der Waals surface area contributed by atoms with Gasteiger partial charge in [0.25, 0.3) is 0 Å². The Bertz CT molecular complexity index is 1560. The highest BCUT2D eigenvalue weighted by Crippen LogP contribution is 2.32. The summed E-state index contributed by atoms with van der Waals surface area (Å²) in [4.78, 5) is 22.2. The first-order chi connectivity index (χ1) is 18.2. The van der Waals surface area contributed by atoms with E-state index in [4.69, 9.17) is 10.5 Å². The maximum absolute atomic E-state index is 14.9. The van der Waals surface area contributed by atoms with Gasteiger partial charge in [0.05, 0.1) is 21.6 Å². The Labute approximate surface area is 220 Å². The average Bonchev–Trinajstić information content (AvgIpc) is 3.32. The second kappa shape index (κ2) is 10.5. The molecule has 5 rings (SSSR count). The minimum absolute atomic E-state index is 0.0587. The van der Waals surface area contributed by atoms with Crippen LogP contribution in [0, 0.1) is 12.7 Å². The van der Waals surface area contributed by atoms with E-state index in [-0.39, 0.29) is 18.1 Å². The van der Waals surface area contributed by atoms with Gasteiger partial charge in [0.15, 0.2) is 21.4 Å². The molecule has 8 nitrogen and oxygen atoms in total. The molecule has 3 heterocycles. The smallest absolute Gasteiger partial charge is 0.239 e. The number of pyridine rings is 1.